The number of fused-ring (bicyclic) bond motifs is 1. The first-order chi connectivity index (χ1) is 17.6. The van der Waals surface area contributed by atoms with Gasteiger partial charge in [0.1, 0.15) is 18.0 Å². The van der Waals surface area contributed by atoms with Crippen LogP contribution in [0.25, 0.3) is 16.8 Å². The molecule has 1 aliphatic heterocycles. The standard InChI is InChI=1S/C27H24FN5O3/c1-35-22-5-2-6-23(25(22)28)36-20-9-7-18(8-10-20)26-21-16-30-13-15-33(21)27(31-26)19-4-3-14-32(17-19)24(34)11-12-29/h2,5-10,13,15-16,19H,3-4,11,14,17H2,1H3/t19-/m1/s1. The zero-order chi connectivity index (χ0) is 25.1. The van der Waals surface area contributed by atoms with E-state index >= 15 is 0 Å². The van der Waals surface area contributed by atoms with Crippen LogP contribution in [0.1, 0.15) is 31.0 Å². The van der Waals surface area contributed by atoms with Gasteiger partial charge in [-0.15, -0.1) is 0 Å². The third kappa shape index (κ3) is 4.45. The topological polar surface area (TPSA) is 92.8 Å². The van der Waals surface area contributed by atoms with Crippen molar-refractivity contribution < 1.29 is 18.7 Å². The number of hydrogen-bond acceptors (Lipinski definition) is 6. The van der Waals surface area contributed by atoms with E-state index in [-0.39, 0.29) is 29.7 Å². The van der Waals surface area contributed by atoms with Crippen LogP contribution in [-0.4, -0.2) is 45.4 Å². The molecule has 2 aromatic carbocycles. The second-order valence-electron chi connectivity index (χ2n) is 8.56. The third-order valence-corrected chi connectivity index (χ3v) is 6.35. The highest BCUT2D eigenvalue weighted by Crippen LogP contribution is 2.34. The van der Waals surface area contributed by atoms with Gasteiger partial charge >= 0.3 is 0 Å². The molecule has 0 spiro atoms. The molecule has 5 rings (SSSR count). The Balaban J connectivity index is 1.43. The number of aromatic nitrogens is 3. The van der Waals surface area contributed by atoms with Crippen LogP contribution in [0.4, 0.5) is 4.39 Å². The van der Waals surface area contributed by atoms with E-state index < -0.39 is 5.82 Å². The van der Waals surface area contributed by atoms with Gasteiger partial charge in [0.15, 0.2) is 11.5 Å². The minimum absolute atomic E-state index is 0.0451. The number of nitrogens with zero attached hydrogens (tertiary/aromatic N) is 5. The summed E-state index contributed by atoms with van der Waals surface area (Å²) in [5, 5.41) is 8.91. The number of nitriles is 1. The predicted octanol–water partition coefficient (Wildman–Crippen LogP) is 4.96. The number of likely N-dealkylation sites (tertiary alicyclic amines) is 1. The van der Waals surface area contributed by atoms with Crippen LogP contribution in [0, 0.1) is 17.1 Å². The SMILES string of the molecule is COc1cccc(Oc2ccc(-c3nc([C@@H]4CCCN(C(=O)CC#N)C4)n4ccncc34)cc2)c1F. The van der Waals surface area contributed by atoms with Crippen molar-refractivity contribution in [2.75, 3.05) is 20.2 Å². The van der Waals surface area contributed by atoms with E-state index in [0.717, 1.165) is 35.4 Å². The molecule has 8 nitrogen and oxygen atoms in total. The first-order valence-corrected chi connectivity index (χ1v) is 11.7. The van der Waals surface area contributed by atoms with Crippen LogP contribution in [0.5, 0.6) is 17.2 Å². The molecule has 4 aromatic rings. The molecule has 0 radical (unpaired) electrons. The van der Waals surface area contributed by atoms with Crippen LogP contribution in [0.3, 0.4) is 0 Å². The fourth-order valence-electron chi connectivity index (χ4n) is 4.59. The molecular formula is C27H24FN5O3. The van der Waals surface area contributed by atoms with Crippen molar-refractivity contribution in [1.29, 1.82) is 5.26 Å². The smallest absolute Gasteiger partial charge is 0.236 e. The lowest BCUT2D eigenvalue weighted by Crippen LogP contribution is -2.39. The summed E-state index contributed by atoms with van der Waals surface area (Å²) >= 11 is 0. The maximum Gasteiger partial charge on any atom is 0.236 e. The van der Waals surface area contributed by atoms with Crippen LogP contribution in [0.2, 0.25) is 0 Å². The summed E-state index contributed by atoms with van der Waals surface area (Å²) in [5.41, 5.74) is 2.47. The average molecular weight is 486 g/mol. The number of benzene rings is 2. The van der Waals surface area contributed by atoms with Crippen LogP contribution in [-0.2, 0) is 4.79 Å². The van der Waals surface area contributed by atoms with Gasteiger partial charge in [-0.1, -0.05) is 6.07 Å². The molecule has 36 heavy (non-hydrogen) atoms. The van der Waals surface area contributed by atoms with Gasteiger partial charge in [-0.05, 0) is 49.2 Å². The van der Waals surface area contributed by atoms with Crippen molar-refractivity contribution >= 4 is 11.4 Å². The minimum Gasteiger partial charge on any atom is -0.494 e. The molecular weight excluding hydrogens is 461 g/mol. The maximum atomic E-state index is 14.5. The Morgan fingerprint density at radius 2 is 2.03 bits per heavy atom. The molecule has 0 bridgehead atoms. The molecule has 0 aliphatic carbocycles. The van der Waals surface area contributed by atoms with E-state index in [1.54, 1.807) is 41.6 Å². The molecule has 1 atom stereocenters. The number of methoxy groups -OCH3 is 1. The van der Waals surface area contributed by atoms with E-state index in [4.69, 9.17) is 19.7 Å². The van der Waals surface area contributed by atoms with E-state index in [1.807, 2.05) is 28.8 Å². The molecule has 9 heteroatoms. The largest absolute Gasteiger partial charge is 0.494 e. The lowest BCUT2D eigenvalue weighted by atomic mass is 9.97. The Morgan fingerprint density at radius 3 is 2.81 bits per heavy atom. The number of ether oxygens (including phenoxy) is 2. The number of carbonyl (C=O) groups is 1. The highest BCUT2D eigenvalue weighted by molar-refractivity contribution is 5.79. The Morgan fingerprint density at radius 1 is 1.22 bits per heavy atom. The summed E-state index contributed by atoms with van der Waals surface area (Å²) in [6, 6.07) is 14.0. The summed E-state index contributed by atoms with van der Waals surface area (Å²) < 4.78 is 27.2. The zero-order valence-corrected chi connectivity index (χ0v) is 19.7. The summed E-state index contributed by atoms with van der Waals surface area (Å²) in [6.07, 6.45) is 6.99. The van der Waals surface area contributed by atoms with Crippen molar-refractivity contribution in [3.05, 3.63) is 72.7 Å². The van der Waals surface area contributed by atoms with Gasteiger partial charge in [0.05, 0.1) is 30.6 Å². The van der Waals surface area contributed by atoms with Crippen molar-refractivity contribution in [3.8, 4) is 34.6 Å². The molecule has 2 aromatic heterocycles. The predicted molar refractivity (Wildman–Crippen MR) is 130 cm³/mol. The minimum atomic E-state index is -0.560. The van der Waals surface area contributed by atoms with Gasteiger partial charge in [0.25, 0.3) is 0 Å². The molecule has 1 fully saturated rings. The number of amides is 1. The van der Waals surface area contributed by atoms with Crippen molar-refractivity contribution in [2.24, 2.45) is 0 Å². The second-order valence-corrected chi connectivity index (χ2v) is 8.56. The number of piperidine rings is 1. The Labute approximate surface area is 207 Å². The van der Waals surface area contributed by atoms with Crippen LogP contribution < -0.4 is 9.47 Å². The van der Waals surface area contributed by atoms with Crippen molar-refractivity contribution in [3.63, 3.8) is 0 Å². The number of halogens is 1. The van der Waals surface area contributed by atoms with E-state index in [0.29, 0.717) is 18.8 Å². The fraction of sp³-hybridized carbons (Fsp3) is 0.259. The quantitative estimate of drug-likeness (QED) is 0.383. The Kier molecular flexibility index (Phi) is 6.50. The lowest BCUT2D eigenvalue weighted by molar-refractivity contribution is -0.131. The molecule has 0 N–H and O–H groups in total. The first kappa shape index (κ1) is 23.3. The monoisotopic (exact) mass is 485 g/mol. The normalized spacial score (nSPS) is 15.5. The third-order valence-electron chi connectivity index (χ3n) is 6.35. The molecule has 0 saturated carbocycles. The maximum absolute atomic E-state index is 14.5. The number of hydrogen-bond donors (Lipinski definition) is 0. The molecule has 1 amide bonds. The van der Waals surface area contributed by atoms with E-state index in [2.05, 4.69) is 4.98 Å². The first-order valence-electron chi connectivity index (χ1n) is 11.7. The molecule has 1 aliphatic rings. The van der Waals surface area contributed by atoms with Gasteiger partial charge in [0.2, 0.25) is 11.7 Å². The van der Waals surface area contributed by atoms with Crippen LogP contribution in [0.15, 0.2) is 61.1 Å². The Hall–Kier alpha value is -4.45. The van der Waals surface area contributed by atoms with E-state index in [9.17, 15) is 9.18 Å². The second kappa shape index (κ2) is 10.0. The number of imidazole rings is 1. The molecule has 0 unspecified atom stereocenters. The van der Waals surface area contributed by atoms with Gasteiger partial charge in [-0.25, -0.2) is 4.98 Å². The number of rotatable bonds is 6. The molecule has 3 heterocycles. The fourth-order valence-corrected chi connectivity index (χ4v) is 4.59. The van der Waals surface area contributed by atoms with E-state index in [1.165, 1.54) is 13.2 Å². The Bertz CT molecular complexity index is 1440. The zero-order valence-electron chi connectivity index (χ0n) is 19.7. The summed E-state index contributed by atoms with van der Waals surface area (Å²) in [4.78, 5) is 23.3. The van der Waals surface area contributed by atoms with Gasteiger partial charge < -0.3 is 14.4 Å². The summed E-state index contributed by atoms with van der Waals surface area (Å²) in [5.74, 6) is 0.867. The summed E-state index contributed by atoms with van der Waals surface area (Å²) in [7, 11) is 1.41. The lowest BCUT2D eigenvalue weighted by Gasteiger charge is -2.31. The highest BCUT2D eigenvalue weighted by atomic mass is 19.1. The molecule has 182 valence electrons. The highest BCUT2D eigenvalue weighted by Gasteiger charge is 2.28. The van der Waals surface area contributed by atoms with Crippen molar-refractivity contribution in [2.45, 2.75) is 25.2 Å². The van der Waals surface area contributed by atoms with Gasteiger partial charge in [0, 0.05) is 37.0 Å². The van der Waals surface area contributed by atoms with Crippen LogP contribution >= 0.6 is 0 Å². The average Bonchev–Trinajstić information content (AvgIpc) is 3.30. The van der Waals surface area contributed by atoms with Gasteiger partial charge in [-0.2, -0.15) is 9.65 Å². The van der Waals surface area contributed by atoms with Crippen molar-refractivity contribution in [1.82, 2.24) is 19.3 Å². The molecule has 1 saturated heterocycles. The summed E-state index contributed by atoms with van der Waals surface area (Å²) in [6.45, 7) is 1.18. The number of carbonyl (C=O) groups excluding carboxylic acids is 1. The van der Waals surface area contributed by atoms with Gasteiger partial charge in [-0.3, -0.25) is 14.2 Å².